The molecule has 7 nitrogen and oxygen atoms in total. The van der Waals surface area contributed by atoms with Gasteiger partial charge in [0.05, 0.1) is 87.0 Å². The van der Waals surface area contributed by atoms with Gasteiger partial charge in [0.2, 0.25) is 0 Å². The third-order valence-electron chi connectivity index (χ3n) is 15.4. The van der Waals surface area contributed by atoms with Crippen LogP contribution in [-0.2, 0) is 6.18 Å². The van der Waals surface area contributed by atoms with E-state index in [1.807, 2.05) is 140 Å². The summed E-state index contributed by atoms with van der Waals surface area (Å²) in [6.07, 6.45) is -4.61. The number of halogens is 3. The maximum atomic E-state index is 14.7. The Balaban J connectivity index is 1.12. The number of rotatable bonds is 8. The molecule has 0 N–H and O–H groups in total. The zero-order chi connectivity index (χ0) is 57.1. The van der Waals surface area contributed by atoms with Gasteiger partial charge in [-0.25, -0.2) is 9.69 Å². The number of aryl methyl sites for hydroxylation is 1. The van der Waals surface area contributed by atoms with E-state index in [0.717, 1.165) is 94.2 Å². The van der Waals surface area contributed by atoms with Gasteiger partial charge in [0, 0.05) is 32.7 Å². The lowest BCUT2D eigenvalue weighted by Crippen LogP contribution is -2.05. The second kappa shape index (κ2) is 20.2. The quantitative estimate of drug-likeness (QED) is 0.142. The van der Waals surface area contributed by atoms with Gasteiger partial charge in [0.1, 0.15) is 0 Å². The number of nitrogens with zero attached hydrogens (tertiary/aromatic N) is 7. The van der Waals surface area contributed by atoms with Gasteiger partial charge in [-0.1, -0.05) is 97.1 Å². The topological polar surface area (TPSA) is 89.9 Å². The van der Waals surface area contributed by atoms with Crippen LogP contribution >= 0.6 is 0 Å². The number of alkyl halides is 3. The number of aromatic nitrogens is 2. The minimum atomic E-state index is -4.61. The van der Waals surface area contributed by atoms with E-state index in [4.69, 9.17) is 13.1 Å². The Hall–Kier alpha value is -11.7. The van der Waals surface area contributed by atoms with Crippen LogP contribution in [0.2, 0.25) is 0 Å². The van der Waals surface area contributed by atoms with Crippen molar-refractivity contribution in [1.29, 1.82) is 15.8 Å². The van der Waals surface area contributed by atoms with Crippen molar-refractivity contribution in [2.24, 2.45) is 0 Å². The summed E-state index contributed by atoms with van der Waals surface area (Å²) in [4.78, 5) is 7.41. The van der Waals surface area contributed by atoms with Gasteiger partial charge in [-0.15, -0.1) is 0 Å². The zero-order valence-corrected chi connectivity index (χ0v) is 44.1. The first-order chi connectivity index (χ1) is 40.4. The summed E-state index contributed by atoms with van der Waals surface area (Å²) in [6.45, 7) is 17.2. The first kappa shape index (κ1) is 50.7. The van der Waals surface area contributed by atoms with E-state index in [0.29, 0.717) is 67.3 Å². The Kier molecular flexibility index (Phi) is 12.3. The number of hydrogen-bond acceptors (Lipinski definition) is 3. The van der Waals surface area contributed by atoms with Crippen LogP contribution in [-0.4, -0.2) is 9.13 Å². The average molecular weight is 1070 g/mol. The van der Waals surface area contributed by atoms with Crippen LogP contribution in [0.3, 0.4) is 0 Å². The molecule has 0 aliphatic carbocycles. The molecule has 0 unspecified atom stereocenters. The Morgan fingerprint density at radius 2 is 0.723 bits per heavy atom. The highest BCUT2D eigenvalue weighted by atomic mass is 19.4. The van der Waals surface area contributed by atoms with E-state index in [-0.39, 0.29) is 0 Å². The Morgan fingerprint density at radius 3 is 1.14 bits per heavy atom. The van der Waals surface area contributed by atoms with Crippen molar-refractivity contribution < 1.29 is 13.2 Å². The van der Waals surface area contributed by atoms with Crippen molar-refractivity contribution in [3.8, 4) is 96.3 Å². The Bertz CT molecular complexity index is 4890. The molecule has 11 aromatic carbocycles. The van der Waals surface area contributed by atoms with Crippen molar-refractivity contribution in [2.75, 3.05) is 0 Å². The van der Waals surface area contributed by atoms with Crippen molar-refractivity contribution in [3.63, 3.8) is 0 Å². The smallest absolute Gasteiger partial charge is 0.309 e. The first-order valence-electron chi connectivity index (χ1n) is 26.4. The first-order valence-corrected chi connectivity index (χ1v) is 26.4. The minimum Gasteiger partial charge on any atom is -0.309 e. The molecule has 0 radical (unpaired) electrons. The van der Waals surface area contributed by atoms with E-state index in [9.17, 15) is 29.0 Å². The number of hydrogen-bond donors (Lipinski definition) is 0. The van der Waals surface area contributed by atoms with Gasteiger partial charge < -0.3 is 9.13 Å². The minimum absolute atomic E-state index is 0.356. The summed E-state index contributed by atoms with van der Waals surface area (Å²) < 4.78 is 48.4. The Labute approximate surface area is 475 Å². The van der Waals surface area contributed by atoms with Crippen molar-refractivity contribution >= 4 is 55.0 Å². The summed E-state index contributed by atoms with van der Waals surface area (Å²) in [5.74, 6) is 0. The molecule has 0 fully saturated rings. The molecule has 388 valence electrons. The monoisotopic (exact) mass is 1070 g/mol. The zero-order valence-electron chi connectivity index (χ0n) is 44.1. The fourth-order valence-corrected chi connectivity index (χ4v) is 11.6. The fraction of sp³-hybridized carbons (Fsp3) is 0.0274. The lowest BCUT2D eigenvalue weighted by molar-refractivity contribution is -0.137. The van der Waals surface area contributed by atoms with E-state index in [1.165, 1.54) is 6.07 Å². The maximum absolute atomic E-state index is 14.7. The van der Waals surface area contributed by atoms with E-state index < -0.39 is 11.7 Å². The lowest BCUT2D eigenvalue weighted by atomic mass is 9.93. The van der Waals surface area contributed by atoms with Crippen LogP contribution in [0, 0.1) is 54.1 Å². The molecule has 0 atom stereocenters. The Morgan fingerprint density at radius 1 is 0.361 bits per heavy atom. The average Bonchev–Trinajstić information content (AvgIpc) is 4.22. The molecule has 0 spiro atoms. The molecule has 13 aromatic rings. The van der Waals surface area contributed by atoms with Gasteiger partial charge in [-0.2, -0.15) is 29.0 Å². The number of fused-ring (bicyclic) bond motifs is 6. The van der Waals surface area contributed by atoms with Gasteiger partial charge in [-0.3, -0.25) is 0 Å². The molecule has 2 aromatic heterocycles. The second-order valence-electron chi connectivity index (χ2n) is 20.5. The molecule has 0 saturated carbocycles. The third-order valence-corrected chi connectivity index (χ3v) is 15.4. The molecule has 0 bridgehead atoms. The second-order valence-corrected chi connectivity index (χ2v) is 20.5. The van der Waals surface area contributed by atoms with Crippen molar-refractivity contribution in [2.45, 2.75) is 13.1 Å². The van der Waals surface area contributed by atoms with Gasteiger partial charge >= 0.3 is 6.18 Å². The molecule has 0 amide bonds. The summed E-state index contributed by atoms with van der Waals surface area (Å²) in [7, 11) is 0. The van der Waals surface area contributed by atoms with Crippen LogP contribution in [0.25, 0.3) is 131 Å². The molecule has 0 aliphatic rings. The van der Waals surface area contributed by atoms with Crippen LogP contribution in [0.1, 0.15) is 27.8 Å². The number of nitriles is 3. The van der Waals surface area contributed by atoms with Crippen molar-refractivity contribution in [1.82, 2.24) is 9.13 Å². The van der Waals surface area contributed by atoms with Gasteiger partial charge in [0.25, 0.3) is 0 Å². The molecule has 2 heterocycles. The lowest BCUT2D eigenvalue weighted by Gasteiger charge is -2.20. The highest BCUT2D eigenvalue weighted by Gasteiger charge is 2.31. The van der Waals surface area contributed by atoms with Crippen LogP contribution in [0.15, 0.2) is 224 Å². The summed E-state index contributed by atoms with van der Waals surface area (Å²) >= 11 is 0. The molecule has 0 aliphatic heterocycles. The predicted molar refractivity (Wildman–Crippen MR) is 324 cm³/mol. The largest absolute Gasteiger partial charge is 0.416 e. The van der Waals surface area contributed by atoms with Gasteiger partial charge in [-0.05, 0) is 196 Å². The normalized spacial score (nSPS) is 11.3. The van der Waals surface area contributed by atoms with E-state index >= 15 is 0 Å². The molecule has 0 saturated heterocycles. The van der Waals surface area contributed by atoms with Crippen molar-refractivity contribution in [3.05, 3.63) is 275 Å². The highest BCUT2D eigenvalue weighted by Crippen LogP contribution is 2.46. The van der Waals surface area contributed by atoms with Crippen LogP contribution < -0.4 is 0 Å². The molecular formula is C73H40F3N7. The fourth-order valence-electron chi connectivity index (χ4n) is 11.6. The number of benzene rings is 11. The van der Waals surface area contributed by atoms with E-state index in [2.05, 4.69) is 73.4 Å². The molecule has 10 heteroatoms. The van der Waals surface area contributed by atoms with Gasteiger partial charge in [0.15, 0.2) is 11.4 Å². The standard InChI is InChI=1S/C73H40F3N7/c1-44-28-57(33-58(29-44)73(74,75)76)56-21-27-68(83-71-25-19-54(50-12-6-14-59(34-50)80-2)38-65(71)66-39-55(20-26-72(66)83)51-13-7-15-60(35-51)81-3)62(40-56)61-32-47(43-79)16-22-67(61)82-69-23-17-52(48-10-4-8-45(30-48)41-77)36-63(69)64-37-53(18-24-70(64)82)49-11-5-9-46(31-49)42-78/h4-40H,1H3. The summed E-state index contributed by atoms with van der Waals surface area (Å²) in [5, 5.41) is 34.1. The molecule has 13 rings (SSSR count). The van der Waals surface area contributed by atoms with E-state index in [1.54, 1.807) is 43.3 Å². The summed E-state index contributed by atoms with van der Waals surface area (Å²) in [5.41, 5.74) is 15.8. The van der Waals surface area contributed by atoms with Crippen LogP contribution in [0.4, 0.5) is 24.5 Å². The molecule has 83 heavy (non-hydrogen) atoms. The SMILES string of the molecule is [C-]#[N+]c1cccc(-c2ccc3c(c2)c2cc(-c4cccc([N+]#[C-])c4)ccc2n3-c2ccc(-c3cc(C)cc(C(F)(F)F)c3)cc2-c2cc(C#N)ccc2-n2c3ccc(-c4cccc(C#N)c4)cc3c3cc(-c4cccc(C#N)c4)ccc32)c1. The maximum Gasteiger partial charge on any atom is 0.416 e. The molecular weight excluding hydrogens is 1030 g/mol. The summed E-state index contributed by atoms with van der Waals surface area (Å²) in [6, 6.07) is 76.8. The third kappa shape index (κ3) is 9.04. The highest BCUT2D eigenvalue weighted by molar-refractivity contribution is 6.14. The predicted octanol–water partition coefficient (Wildman–Crippen LogP) is 19.9. The van der Waals surface area contributed by atoms with Crippen LogP contribution in [0.5, 0.6) is 0 Å².